The number of nitrogens with zero attached hydrogens (tertiary/aromatic N) is 2. The van der Waals surface area contributed by atoms with Crippen molar-refractivity contribution in [1.82, 2.24) is 20.3 Å². The number of H-pyrrole nitrogens is 1. The van der Waals surface area contributed by atoms with Crippen LogP contribution in [0.3, 0.4) is 0 Å². The molecule has 17 heavy (non-hydrogen) atoms. The second-order valence-electron chi connectivity index (χ2n) is 3.63. The maximum absolute atomic E-state index is 11.8. The van der Waals surface area contributed by atoms with Gasteiger partial charge in [0, 0.05) is 24.5 Å². The highest BCUT2D eigenvalue weighted by molar-refractivity contribution is 7.13. The Kier molecular flexibility index (Phi) is 4.00. The van der Waals surface area contributed by atoms with E-state index in [1.54, 1.807) is 17.9 Å². The summed E-state index contributed by atoms with van der Waals surface area (Å²) in [5, 5.41) is 3.18. The second-order valence-corrected chi connectivity index (χ2v) is 4.51. The summed E-state index contributed by atoms with van der Waals surface area (Å²) in [4.78, 5) is 23.6. The van der Waals surface area contributed by atoms with Crippen LogP contribution in [0.4, 0.5) is 0 Å². The molecule has 0 saturated heterocycles. The Labute approximate surface area is 103 Å². The van der Waals surface area contributed by atoms with Crippen molar-refractivity contribution in [3.63, 3.8) is 0 Å². The first kappa shape index (κ1) is 11.9. The smallest absolute Gasteiger partial charge is 0.255 e. The summed E-state index contributed by atoms with van der Waals surface area (Å²) < 4.78 is 0. The summed E-state index contributed by atoms with van der Waals surface area (Å²) in [5.41, 5.74) is 2.28. The normalized spacial score (nSPS) is 10.6. The van der Waals surface area contributed by atoms with E-state index in [1.165, 1.54) is 11.3 Å². The largest absolute Gasteiger partial charge is 0.312 e. The quantitative estimate of drug-likeness (QED) is 0.787. The van der Waals surface area contributed by atoms with E-state index in [-0.39, 0.29) is 5.56 Å². The molecular formula is C11H14N4OS. The van der Waals surface area contributed by atoms with Crippen LogP contribution in [0.25, 0.3) is 10.7 Å². The molecule has 0 radical (unpaired) electrons. The third-order valence-electron chi connectivity index (χ3n) is 2.28. The second kappa shape index (κ2) is 5.70. The van der Waals surface area contributed by atoms with Crippen molar-refractivity contribution >= 4 is 11.3 Å². The molecule has 6 heteroatoms. The molecule has 2 heterocycles. The van der Waals surface area contributed by atoms with E-state index >= 15 is 0 Å². The Morgan fingerprint density at radius 2 is 2.35 bits per heavy atom. The van der Waals surface area contributed by atoms with Gasteiger partial charge in [0.2, 0.25) is 0 Å². The van der Waals surface area contributed by atoms with Crippen LogP contribution in [0.5, 0.6) is 0 Å². The van der Waals surface area contributed by atoms with Crippen molar-refractivity contribution in [2.24, 2.45) is 0 Å². The molecule has 0 amide bonds. The highest BCUT2D eigenvalue weighted by Gasteiger charge is 2.05. The molecular weight excluding hydrogens is 236 g/mol. The molecule has 0 bridgehead atoms. The molecule has 0 aliphatic rings. The molecule has 0 aliphatic carbocycles. The highest BCUT2D eigenvalue weighted by atomic mass is 32.1. The topological polar surface area (TPSA) is 70.7 Å². The third-order valence-corrected chi connectivity index (χ3v) is 3.06. The summed E-state index contributed by atoms with van der Waals surface area (Å²) in [7, 11) is 0. The minimum atomic E-state index is -0.0907. The minimum Gasteiger partial charge on any atom is -0.312 e. The van der Waals surface area contributed by atoms with Crippen molar-refractivity contribution in [3.8, 4) is 10.7 Å². The predicted molar refractivity (Wildman–Crippen MR) is 68.0 cm³/mol. The van der Waals surface area contributed by atoms with Gasteiger partial charge in [-0.2, -0.15) is 0 Å². The molecule has 90 valence electrons. The lowest BCUT2D eigenvalue weighted by Gasteiger charge is -2.02. The molecule has 2 N–H and O–H groups in total. The van der Waals surface area contributed by atoms with Crippen LogP contribution in [0.15, 0.2) is 22.7 Å². The number of aromatic amines is 1. The molecule has 2 aromatic heterocycles. The van der Waals surface area contributed by atoms with Crippen LogP contribution in [0, 0.1) is 0 Å². The molecule has 2 rings (SSSR count). The van der Waals surface area contributed by atoms with E-state index < -0.39 is 0 Å². The Bertz CT molecular complexity index is 521. The fourth-order valence-corrected chi connectivity index (χ4v) is 1.98. The number of hydrogen-bond acceptors (Lipinski definition) is 5. The average Bonchev–Trinajstić information content (AvgIpc) is 2.85. The Hall–Kier alpha value is -1.53. The van der Waals surface area contributed by atoms with Gasteiger partial charge in [-0.05, 0) is 13.0 Å². The predicted octanol–water partition coefficient (Wildman–Crippen LogP) is 1.39. The summed E-state index contributed by atoms with van der Waals surface area (Å²) in [6.45, 7) is 3.54. The van der Waals surface area contributed by atoms with Gasteiger partial charge in [-0.1, -0.05) is 6.92 Å². The average molecular weight is 250 g/mol. The monoisotopic (exact) mass is 250 g/mol. The fourth-order valence-electron chi connectivity index (χ4n) is 1.40. The number of rotatable bonds is 5. The maximum Gasteiger partial charge on any atom is 0.255 e. The molecule has 0 aromatic carbocycles. The van der Waals surface area contributed by atoms with Crippen LogP contribution >= 0.6 is 11.3 Å². The van der Waals surface area contributed by atoms with Gasteiger partial charge in [-0.15, -0.1) is 11.3 Å². The summed E-state index contributed by atoms with van der Waals surface area (Å²) >= 11 is 1.45. The van der Waals surface area contributed by atoms with Gasteiger partial charge in [0.15, 0.2) is 5.82 Å². The van der Waals surface area contributed by atoms with E-state index in [1.807, 2.05) is 0 Å². The number of thiazole rings is 1. The zero-order chi connectivity index (χ0) is 12.1. The Morgan fingerprint density at radius 1 is 1.47 bits per heavy atom. The van der Waals surface area contributed by atoms with Crippen LogP contribution in [0.2, 0.25) is 0 Å². The van der Waals surface area contributed by atoms with Crippen molar-refractivity contribution in [2.75, 3.05) is 6.54 Å². The summed E-state index contributed by atoms with van der Waals surface area (Å²) in [6.07, 6.45) is 4.36. The van der Waals surface area contributed by atoms with E-state index in [9.17, 15) is 4.79 Å². The lowest BCUT2D eigenvalue weighted by molar-refractivity contribution is 0.668. The first-order valence-electron chi connectivity index (χ1n) is 5.49. The Morgan fingerprint density at radius 3 is 3.00 bits per heavy atom. The lowest BCUT2D eigenvalue weighted by atomic mass is 10.3. The van der Waals surface area contributed by atoms with E-state index in [0.717, 1.165) is 17.8 Å². The first-order valence-corrected chi connectivity index (χ1v) is 6.37. The van der Waals surface area contributed by atoms with E-state index in [0.29, 0.717) is 17.9 Å². The van der Waals surface area contributed by atoms with Gasteiger partial charge in [-0.25, -0.2) is 4.98 Å². The molecule has 0 unspecified atom stereocenters. The zero-order valence-corrected chi connectivity index (χ0v) is 10.4. The number of aromatic nitrogens is 3. The van der Waals surface area contributed by atoms with Crippen molar-refractivity contribution in [3.05, 3.63) is 33.8 Å². The number of nitrogens with one attached hydrogen (secondary N) is 2. The SMILES string of the molecule is CCCNCc1cnc(-c2cncs2)[nH]c1=O. The van der Waals surface area contributed by atoms with Crippen LogP contribution in [-0.2, 0) is 6.54 Å². The van der Waals surface area contributed by atoms with Gasteiger partial charge < -0.3 is 10.3 Å². The molecule has 0 atom stereocenters. The van der Waals surface area contributed by atoms with Gasteiger partial charge in [0.25, 0.3) is 5.56 Å². The van der Waals surface area contributed by atoms with Gasteiger partial charge in [0.1, 0.15) is 0 Å². The highest BCUT2D eigenvalue weighted by Crippen LogP contribution is 2.17. The summed E-state index contributed by atoms with van der Waals surface area (Å²) in [6, 6.07) is 0. The van der Waals surface area contributed by atoms with Crippen molar-refractivity contribution in [1.29, 1.82) is 0 Å². The number of hydrogen-bond donors (Lipinski definition) is 2. The molecule has 0 saturated carbocycles. The van der Waals surface area contributed by atoms with Crippen LogP contribution in [0.1, 0.15) is 18.9 Å². The molecule has 5 nitrogen and oxygen atoms in total. The van der Waals surface area contributed by atoms with E-state index in [2.05, 4.69) is 27.2 Å². The van der Waals surface area contributed by atoms with Crippen LogP contribution < -0.4 is 10.9 Å². The van der Waals surface area contributed by atoms with Crippen LogP contribution in [-0.4, -0.2) is 21.5 Å². The first-order chi connectivity index (χ1) is 8.31. The standard InChI is InChI=1S/C11H14N4OS/c1-2-3-12-4-8-5-14-10(15-11(8)16)9-6-13-7-17-9/h5-7,12H,2-4H2,1H3,(H,14,15,16). The Balaban J connectivity index is 2.15. The maximum atomic E-state index is 11.8. The lowest BCUT2D eigenvalue weighted by Crippen LogP contribution is -2.22. The molecule has 0 fully saturated rings. The van der Waals surface area contributed by atoms with Crippen molar-refractivity contribution < 1.29 is 0 Å². The van der Waals surface area contributed by atoms with Crippen molar-refractivity contribution in [2.45, 2.75) is 19.9 Å². The molecule has 2 aromatic rings. The summed E-state index contributed by atoms with van der Waals surface area (Å²) in [5.74, 6) is 0.580. The van der Waals surface area contributed by atoms with Gasteiger partial charge >= 0.3 is 0 Å². The van der Waals surface area contributed by atoms with E-state index in [4.69, 9.17) is 0 Å². The van der Waals surface area contributed by atoms with Gasteiger partial charge in [0.05, 0.1) is 10.4 Å². The molecule has 0 spiro atoms. The molecule has 0 aliphatic heterocycles. The fraction of sp³-hybridized carbons (Fsp3) is 0.364. The third kappa shape index (κ3) is 2.98. The minimum absolute atomic E-state index is 0.0907. The zero-order valence-electron chi connectivity index (χ0n) is 9.56. The van der Waals surface area contributed by atoms with Gasteiger partial charge in [-0.3, -0.25) is 9.78 Å².